The van der Waals surface area contributed by atoms with Crippen LogP contribution in [0.5, 0.6) is 0 Å². The van der Waals surface area contributed by atoms with Gasteiger partial charge in [-0.2, -0.15) is 0 Å². The monoisotopic (exact) mass is 244 g/mol. The Morgan fingerprint density at radius 3 is 2.81 bits per heavy atom. The van der Waals surface area contributed by atoms with Crippen molar-refractivity contribution in [1.82, 2.24) is 4.98 Å². The van der Waals surface area contributed by atoms with Crippen molar-refractivity contribution >= 4 is 68.3 Å². The van der Waals surface area contributed by atoms with Crippen molar-refractivity contribution in [2.24, 2.45) is 5.73 Å². The zero-order valence-corrected chi connectivity index (χ0v) is 8.10. The third kappa shape index (κ3) is 2.94. The quantitative estimate of drug-likeness (QED) is 0.687. The van der Waals surface area contributed by atoms with E-state index < -0.39 is 12.0 Å². The Morgan fingerprint density at radius 1 is 1.44 bits per heavy atom. The fourth-order valence-corrected chi connectivity index (χ4v) is 1.62. The SMILES string of the molecule is N[C@@H](Cc1c[nH]c2ccccc12)C(=O)O.[KH]. The van der Waals surface area contributed by atoms with Gasteiger partial charge in [0.25, 0.3) is 0 Å². The molecule has 2 aromatic rings. The Balaban J connectivity index is 0.00000128. The zero-order chi connectivity index (χ0) is 10.8. The number of H-pyrrole nitrogens is 1. The van der Waals surface area contributed by atoms with Crippen molar-refractivity contribution in [3.8, 4) is 0 Å². The zero-order valence-electron chi connectivity index (χ0n) is 8.10. The summed E-state index contributed by atoms with van der Waals surface area (Å²) in [5.74, 6) is -0.972. The van der Waals surface area contributed by atoms with Crippen LogP contribution in [0.2, 0.25) is 0 Å². The summed E-state index contributed by atoms with van der Waals surface area (Å²) in [6.45, 7) is 0. The van der Waals surface area contributed by atoms with Gasteiger partial charge in [0.05, 0.1) is 0 Å². The third-order valence-corrected chi connectivity index (χ3v) is 2.43. The van der Waals surface area contributed by atoms with Gasteiger partial charge in [0.1, 0.15) is 6.04 Å². The van der Waals surface area contributed by atoms with Gasteiger partial charge in [-0.25, -0.2) is 0 Å². The molecule has 80 valence electrons. The van der Waals surface area contributed by atoms with E-state index in [0.29, 0.717) is 6.42 Å². The second kappa shape index (κ2) is 5.95. The Hall–Kier alpha value is -0.174. The van der Waals surface area contributed by atoms with Crippen molar-refractivity contribution in [3.05, 3.63) is 36.0 Å². The number of aliphatic carboxylic acids is 1. The standard InChI is InChI=1S/C11H12N2O2.K.H/c12-9(11(14)15)5-7-6-13-10-4-2-1-3-8(7)10;;/h1-4,6,9,13H,5,12H2,(H,14,15);;/t9-;;/m0../s1. The molecule has 1 aromatic carbocycles. The molecule has 0 amide bonds. The van der Waals surface area contributed by atoms with E-state index >= 15 is 0 Å². The molecular formula is C11H13KN2O2. The van der Waals surface area contributed by atoms with Crippen LogP contribution in [-0.2, 0) is 11.2 Å². The first kappa shape index (κ1) is 13.9. The number of hydrogen-bond donors (Lipinski definition) is 3. The Bertz CT molecular complexity index is 495. The van der Waals surface area contributed by atoms with E-state index in [1.807, 2.05) is 30.5 Å². The summed E-state index contributed by atoms with van der Waals surface area (Å²) < 4.78 is 0. The molecule has 0 saturated carbocycles. The number of para-hydroxylation sites is 1. The predicted octanol–water partition coefficient (Wildman–Crippen LogP) is 0.474. The molecule has 0 unspecified atom stereocenters. The number of carbonyl (C=O) groups is 1. The van der Waals surface area contributed by atoms with Crippen LogP contribution in [-0.4, -0.2) is 73.5 Å². The van der Waals surface area contributed by atoms with E-state index in [4.69, 9.17) is 10.8 Å². The molecule has 2 rings (SSSR count). The molecule has 0 fully saturated rings. The normalized spacial score (nSPS) is 12.1. The van der Waals surface area contributed by atoms with Crippen molar-refractivity contribution in [2.45, 2.75) is 12.5 Å². The Labute approximate surface area is 136 Å². The molecule has 5 heteroatoms. The van der Waals surface area contributed by atoms with E-state index in [-0.39, 0.29) is 51.4 Å². The van der Waals surface area contributed by atoms with Gasteiger partial charge in [-0.3, -0.25) is 4.79 Å². The van der Waals surface area contributed by atoms with E-state index in [0.717, 1.165) is 16.5 Å². The maximum absolute atomic E-state index is 10.6. The molecule has 0 aliphatic carbocycles. The first-order valence-corrected chi connectivity index (χ1v) is 4.72. The predicted molar refractivity (Wildman–Crippen MR) is 64.8 cm³/mol. The number of carboxylic acids is 1. The summed E-state index contributed by atoms with van der Waals surface area (Å²) in [5, 5.41) is 9.75. The van der Waals surface area contributed by atoms with Crippen molar-refractivity contribution in [2.75, 3.05) is 0 Å². The van der Waals surface area contributed by atoms with Crippen molar-refractivity contribution in [3.63, 3.8) is 0 Å². The topological polar surface area (TPSA) is 79.1 Å². The van der Waals surface area contributed by atoms with Gasteiger partial charge in [0.2, 0.25) is 0 Å². The molecule has 1 heterocycles. The Kier molecular flexibility index (Phi) is 5.16. The maximum atomic E-state index is 10.6. The molecule has 1 aromatic heterocycles. The van der Waals surface area contributed by atoms with Gasteiger partial charge >= 0.3 is 57.4 Å². The number of nitrogens with two attached hydrogens (primary N) is 1. The van der Waals surface area contributed by atoms with Crippen LogP contribution in [0.25, 0.3) is 10.9 Å². The molecule has 0 aliphatic heterocycles. The van der Waals surface area contributed by atoms with Crippen LogP contribution in [0.4, 0.5) is 0 Å². The van der Waals surface area contributed by atoms with Crippen LogP contribution in [0.15, 0.2) is 30.5 Å². The number of rotatable bonds is 3. The van der Waals surface area contributed by atoms with Crippen LogP contribution in [0, 0.1) is 0 Å². The molecular weight excluding hydrogens is 231 g/mol. The fraction of sp³-hybridized carbons (Fsp3) is 0.182. The van der Waals surface area contributed by atoms with Gasteiger partial charge < -0.3 is 15.8 Å². The molecule has 1 atom stereocenters. The summed E-state index contributed by atoms with van der Waals surface area (Å²) in [6.07, 6.45) is 2.16. The molecule has 4 N–H and O–H groups in total. The molecule has 0 saturated heterocycles. The van der Waals surface area contributed by atoms with Crippen LogP contribution >= 0.6 is 0 Å². The summed E-state index contributed by atoms with van der Waals surface area (Å²) in [4.78, 5) is 13.7. The summed E-state index contributed by atoms with van der Waals surface area (Å²) >= 11 is 0. The molecule has 0 radical (unpaired) electrons. The third-order valence-electron chi connectivity index (χ3n) is 2.43. The summed E-state index contributed by atoms with van der Waals surface area (Å²) in [5.41, 5.74) is 7.43. The van der Waals surface area contributed by atoms with Gasteiger partial charge in [-0.15, -0.1) is 0 Å². The first-order valence-electron chi connectivity index (χ1n) is 4.72. The number of fused-ring (bicyclic) bond motifs is 1. The number of hydrogen-bond acceptors (Lipinski definition) is 2. The minimum absolute atomic E-state index is 0. The van der Waals surface area contributed by atoms with Gasteiger partial charge in [-0.1, -0.05) is 18.2 Å². The van der Waals surface area contributed by atoms with Crippen molar-refractivity contribution < 1.29 is 9.90 Å². The number of benzene rings is 1. The molecule has 0 spiro atoms. The van der Waals surface area contributed by atoms with E-state index in [2.05, 4.69) is 4.98 Å². The van der Waals surface area contributed by atoms with Crippen LogP contribution < -0.4 is 5.73 Å². The molecule has 4 nitrogen and oxygen atoms in total. The second-order valence-electron chi connectivity index (χ2n) is 3.51. The second-order valence-corrected chi connectivity index (χ2v) is 3.51. The van der Waals surface area contributed by atoms with E-state index in [1.54, 1.807) is 0 Å². The van der Waals surface area contributed by atoms with Crippen LogP contribution in [0.3, 0.4) is 0 Å². The van der Waals surface area contributed by atoms with Crippen LogP contribution in [0.1, 0.15) is 5.56 Å². The number of aromatic nitrogens is 1. The first-order chi connectivity index (χ1) is 7.18. The number of aromatic amines is 1. The van der Waals surface area contributed by atoms with E-state index in [1.165, 1.54) is 0 Å². The Morgan fingerprint density at radius 2 is 2.12 bits per heavy atom. The average molecular weight is 244 g/mol. The minimum atomic E-state index is -0.972. The van der Waals surface area contributed by atoms with Gasteiger partial charge in [0.15, 0.2) is 0 Å². The molecule has 16 heavy (non-hydrogen) atoms. The van der Waals surface area contributed by atoms with Gasteiger partial charge in [0, 0.05) is 23.5 Å². The summed E-state index contributed by atoms with van der Waals surface area (Å²) in [7, 11) is 0. The van der Waals surface area contributed by atoms with Crippen molar-refractivity contribution in [1.29, 1.82) is 0 Å². The molecule has 0 bridgehead atoms. The number of nitrogens with one attached hydrogen (secondary N) is 1. The van der Waals surface area contributed by atoms with Gasteiger partial charge in [-0.05, 0) is 11.6 Å². The summed E-state index contributed by atoms with van der Waals surface area (Å²) in [6, 6.07) is 6.91. The molecule has 0 aliphatic rings. The van der Waals surface area contributed by atoms with E-state index in [9.17, 15) is 4.79 Å². The number of carboxylic acid groups (broad SMARTS) is 1. The fourth-order valence-electron chi connectivity index (χ4n) is 1.62. The average Bonchev–Trinajstić information content (AvgIpc) is 2.62.